The van der Waals surface area contributed by atoms with Crippen molar-refractivity contribution in [2.75, 3.05) is 11.9 Å². The van der Waals surface area contributed by atoms with Crippen LogP contribution in [0.2, 0.25) is 0 Å². The maximum Gasteiger partial charge on any atom is 0.0745 e. The van der Waals surface area contributed by atoms with Crippen LogP contribution in [0.4, 0.5) is 5.69 Å². The highest BCUT2D eigenvalue weighted by atomic mass is 79.9. The van der Waals surface area contributed by atoms with E-state index in [0.29, 0.717) is 0 Å². The Balaban J connectivity index is 2.19. The molecule has 1 unspecified atom stereocenters. The highest BCUT2D eigenvalue weighted by Gasteiger charge is 2.10. The Morgan fingerprint density at radius 2 is 1.74 bits per heavy atom. The van der Waals surface area contributed by atoms with Gasteiger partial charge in [-0.15, -0.1) is 0 Å². The third-order valence-corrected chi connectivity index (χ3v) is 3.83. The Morgan fingerprint density at radius 3 is 2.32 bits per heavy atom. The van der Waals surface area contributed by atoms with Crippen LogP contribution in [0.3, 0.4) is 0 Å². The van der Waals surface area contributed by atoms with E-state index in [0.717, 1.165) is 15.7 Å². The van der Waals surface area contributed by atoms with Crippen LogP contribution in [-0.2, 0) is 0 Å². The van der Waals surface area contributed by atoms with Crippen molar-refractivity contribution in [3.05, 3.63) is 63.6 Å². The fraction of sp³-hybridized carbons (Fsp3) is 0.250. The summed E-state index contributed by atoms with van der Waals surface area (Å²) in [6, 6.07) is 14.2. The number of hydrogen-bond acceptors (Lipinski definition) is 2. The molecule has 0 saturated carbocycles. The van der Waals surface area contributed by atoms with Gasteiger partial charge in [-0.1, -0.05) is 34.1 Å². The molecule has 0 fully saturated rings. The highest BCUT2D eigenvalue weighted by Crippen LogP contribution is 2.22. The molecule has 0 aliphatic rings. The second kappa shape index (κ2) is 6.22. The molecule has 2 aromatic carbocycles. The Bertz CT molecular complexity index is 551. The molecule has 19 heavy (non-hydrogen) atoms. The zero-order valence-corrected chi connectivity index (χ0v) is 12.7. The van der Waals surface area contributed by atoms with Crippen LogP contribution in [0.25, 0.3) is 0 Å². The van der Waals surface area contributed by atoms with E-state index in [1.807, 2.05) is 24.3 Å². The van der Waals surface area contributed by atoms with E-state index in [2.05, 4.69) is 53.3 Å². The summed E-state index contributed by atoms with van der Waals surface area (Å²) in [5, 5.41) is 12.9. The molecule has 0 saturated heterocycles. The standard InChI is InChI=1S/C16H18BrNO/c1-11-3-4-13(9-12(11)2)16(10-19)18-15-7-5-14(17)6-8-15/h3-9,16,18-19H,10H2,1-2H3. The van der Waals surface area contributed by atoms with E-state index >= 15 is 0 Å². The van der Waals surface area contributed by atoms with Crippen LogP contribution in [0, 0.1) is 13.8 Å². The van der Waals surface area contributed by atoms with Crippen LogP contribution >= 0.6 is 15.9 Å². The fourth-order valence-electron chi connectivity index (χ4n) is 1.96. The molecule has 0 aromatic heterocycles. The van der Waals surface area contributed by atoms with Gasteiger partial charge in [-0.2, -0.15) is 0 Å². The number of aliphatic hydroxyl groups excluding tert-OH is 1. The van der Waals surface area contributed by atoms with Gasteiger partial charge in [-0.05, 0) is 54.8 Å². The maximum atomic E-state index is 9.58. The molecular weight excluding hydrogens is 302 g/mol. The highest BCUT2D eigenvalue weighted by molar-refractivity contribution is 9.10. The monoisotopic (exact) mass is 319 g/mol. The summed E-state index contributed by atoms with van der Waals surface area (Å²) >= 11 is 3.41. The first-order valence-electron chi connectivity index (χ1n) is 6.30. The third-order valence-electron chi connectivity index (χ3n) is 3.30. The summed E-state index contributed by atoms with van der Waals surface area (Å²) in [4.78, 5) is 0. The first kappa shape index (κ1) is 14.1. The van der Waals surface area contributed by atoms with Crippen molar-refractivity contribution in [2.45, 2.75) is 19.9 Å². The average Bonchev–Trinajstić information content (AvgIpc) is 2.41. The van der Waals surface area contributed by atoms with Gasteiger partial charge in [0.15, 0.2) is 0 Å². The molecule has 3 heteroatoms. The predicted molar refractivity (Wildman–Crippen MR) is 83.5 cm³/mol. The molecule has 0 aliphatic heterocycles. The molecule has 2 rings (SSSR count). The van der Waals surface area contributed by atoms with Crippen molar-refractivity contribution < 1.29 is 5.11 Å². The van der Waals surface area contributed by atoms with Gasteiger partial charge < -0.3 is 10.4 Å². The second-order valence-electron chi connectivity index (χ2n) is 4.73. The zero-order chi connectivity index (χ0) is 13.8. The predicted octanol–water partition coefficient (Wildman–Crippen LogP) is 4.21. The lowest BCUT2D eigenvalue weighted by atomic mass is 10.0. The van der Waals surface area contributed by atoms with Gasteiger partial charge in [0.1, 0.15) is 0 Å². The number of halogens is 1. The lowest BCUT2D eigenvalue weighted by Gasteiger charge is -2.19. The van der Waals surface area contributed by atoms with Crippen LogP contribution in [0.1, 0.15) is 22.7 Å². The van der Waals surface area contributed by atoms with E-state index in [1.165, 1.54) is 11.1 Å². The van der Waals surface area contributed by atoms with Gasteiger partial charge >= 0.3 is 0 Å². The van der Waals surface area contributed by atoms with Gasteiger partial charge in [0.25, 0.3) is 0 Å². The Labute approximate surface area is 122 Å². The zero-order valence-electron chi connectivity index (χ0n) is 11.2. The van der Waals surface area contributed by atoms with Crippen LogP contribution < -0.4 is 5.32 Å². The third kappa shape index (κ3) is 3.58. The van der Waals surface area contributed by atoms with Crippen LogP contribution in [0.5, 0.6) is 0 Å². The number of hydrogen-bond donors (Lipinski definition) is 2. The second-order valence-corrected chi connectivity index (χ2v) is 5.65. The quantitative estimate of drug-likeness (QED) is 0.884. The van der Waals surface area contributed by atoms with Crippen LogP contribution in [0.15, 0.2) is 46.9 Å². The van der Waals surface area contributed by atoms with Gasteiger partial charge in [0, 0.05) is 10.2 Å². The van der Waals surface area contributed by atoms with Crippen molar-refractivity contribution in [1.29, 1.82) is 0 Å². The van der Waals surface area contributed by atoms with Crippen molar-refractivity contribution >= 4 is 21.6 Å². The van der Waals surface area contributed by atoms with Crippen LogP contribution in [-0.4, -0.2) is 11.7 Å². The number of aliphatic hydroxyl groups is 1. The molecule has 0 spiro atoms. The number of benzene rings is 2. The number of nitrogens with one attached hydrogen (secondary N) is 1. The summed E-state index contributed by atoms with van der Waals surface area (Å²) in [5.74, 6) is 0. The Hall–Kier alpha value is -1.32. The first-order chi connectivity index (χ1) is 9.10. The lowest BCUT2D eigenvalue weighted by molar-refractivity contribution is 0.276. The lowest BCUT2D eigenvalue weighted by Crippen LogP contribution is -2.15. The summed E-state index contributed by atoms with van der Waals surface area (Å²) in [6.45, 7) is 4.25. The largest absolute Gasteiger partial charge is 0.394 e. The molecule has 2 aromatic rings. The first-order valence-corrected chi connectivity index (χ1v) is 7.09. The van der Waals surface area contributed by atoms with Crippen molar-refractivity contribution in [3.8, 4) is 0 Å². The Kier molecular flexibility index (Phi) is 4.61. The van der Waals surface area contributed by atoms with Crippen molar-refractivity contribution in [1.82, 2.24) is 0 Å². The molecule has 0 bridgehead atoms. The molecular formula is C16H18BrNO. The molecule has 0 amide bonds. The SMILES string of the molecule is Cc1ccc(C(CO)Nc2ccc(Br)cc2)cc1C. The molecule has 1 atom stereocenters. The van der Waals surface area contributed by atoms with E-state index < -0.39 is 0 Å². The molecule has 2 nitrogen and oxygen atoms in total. The summed E-state index contributed by atoms with van der Waals surface area (Å²) in [6.07, 6.45) is 0. The van der Waals surface area contributed by atoms with Crippen molar-refractivity contribution in [3.63, 3.8) is 0 Å². The normalized spacial score (nSPS) is 12.2. The molecule has 0 aliphatic carbocycles. The van der Waals surface area contributed by atoms with Crippen molar-refractivity contribution in [2.24, 2.45) is 0 Å². The summed E-state index contributed by atoms with van der Waals surface area (Å²) < 4.78 is 1.05. The minimum Gasteiger partial charge on any atom is -0.394 e. The number of rotatable bonds is 4. The molecule has 0 radical (unpaired) electrons. The number of anilines is 1. The summed E-state index contributed by atoms with van der Waals surface area (Å²) in [7, 11) is 0. The Morgan fingerprint density at radius 1 is 1.05 bits per heavy atom. The minimum atomic E-state index is -0.0829. The average molecular weight is 320 g/mol. The fourth-order valence-corrected chi connectivity index (χ4v) is 2.23. The minimum absolute atomic E-state index is 0.0680. The van der Waals surface area contributed by atoms with E-state index in [-0.39, 0.29) is 12.6 Å². The summed E-state index contributed by atoms with van der Waals surface area (Å²) in [5.41, 5.74) is 4.62. The van der Waals surface area contributed by atoms with E-state index in [9.17, 15) is 5.11 Å². The van der Waals surface area contributed by atoms with Gasteiger partial charge in [-0.3, -0.25) is 0 Å². The molecule has 0 heterocycles. The van der Waals surface area contributed by atoms with E-state index in [4.69, 9.17) is 0 Å². The van der Waals surface area contributed by atoms with Gasteiger partial charge in [0.2, 0.25) is 0 Å². The number of aryl methyl sites for hydroxylation is 2. The van der Waals surface area contributed by atoms with Gasteiger partial charge in [-0.25, -0.2) is 0 Å². The van der Waals surface area contributed by atoms with E-state index in [1.54, 1.807) is 0 Å². The molecule has 2 N–H and O–H groups in total. The smallest absolute Gasteiger partial charge is 0.0745 e. The topological polar surface area (TPSA) is 32.3 Å². The maximum absolute atomic E-state index is 9.58. The van der Waals surface area contributed by atoms with Gasteiger partial charge in [0.05, 0.1) is 12.6 Å². The molecule has 100 valence electrons.